The van der Waals surface area contributed by atoms with Gasteiger partial charge in [-0.25, -0.2) is 4.79 Å². The Hall–Kier alpha value is -5.41. The molecule has 70 heavy (non-hydrogen) atoms. The van der Waals surface area contributed by atoms with Gasteiger partial charge in [0.25, 0.3) is 0 Å². The Morgan fingerprint density at radius 3 is 1.17 bits per heavy atom. The molecule has 1 fully saturated rings. The Labute approximate surface area is 431 Å². The summed E-state index contributed by atoms with van der Waals surface area (Å²) in [4.78, 5) is 23.0. The second-order valence-electron chi connectivity index (χ2n) is 18.9. The molecule has 7 heterocycles. The first-order valence-electron chi connectivity index (χ1n) is 24.4. The average molecular weight is 1030 g/mol. The summed E-state index contributed by atoms with van der Waals surface area (Å²) in [6.07, 6.45) is 5.73. The smallest absolute Gasteiger partial charge is 0.426 e. The van der Waals surface area contributed by atoms with E-state index in [1.807, 2.05) is 22.7 Å². The number of hydrogen-bond acceptors (Lipinski definition) is 13. The largest absolute Gasteiger partial charge is 0.509 e. The highest BCUT2D eigenvalue weighted by atomic mass is 32.1. The zero-order valence-electron chi connectivity index (χ0n) is 39.1. The van der Waals surface area contributed by atoms with Crippen LogP contribution in [0.3, 0.4) is 0 Å². The zero-order valence-corrected chi connectivity index (χ0v) is 44.0. The van der Waals surface area contributed by atoms with Crippen molar-refractivity contribution in [1.82, 2.24) is 17.5 Å². The van der Waals surface area contributed by atoms with E-state index in [1.165, 1.54) is 101 Å². The third kappa shape index (κ3) is 7.44. The van der Waals surface area contributed by atoms with E-state index < -0.39 is 6.16 Å². The first kappa shape index (κ1) is 44.5. The number of aromatic nitrogens is 4. The molecule has 0 spiro atoms. The minimum atomic E-state index is -0.582. The predicted molar refractivity (Wildman–Crippen MR) is 293 cm³/mol. The van der Waals surface area contributed by atoms with Gasteiger partial charge in [0, 0.05) is 61.3 Å². The van der Waals surface area contributed by atoms with Crippen molar-refractivity contribution in [3.63, 3.8) is 0 Å². The van der Waals surface area contributed by atoms with E-state index in [0.29, 0.717) is 0 Å². The standard InChI is InChI=1S/C57H48N4O3S6/c1-5-29(6-2)25-33-11-19-45(65-33)37-15-17-39(53-51(37)58-69-60-53)47-23-21-43(67-47)31-9-13-35-41(27-31)49-36-14-10-32(28-42(36)50(35)56-55(49)63-57(62)64-56)44-22-24-48(68-44)40-18-16-38(52-54(40)61-70-59-52)46-20-12-34(66-46)26-30(7-3)8-4/h9-24,27-30,49-50,55-56H,5-8,25-26H2,1-4H3. The first-order valence-corrected chi connectivity index (χ1v) is 29.1. The number of carbonyl (C=O) groups is 1. The molecular weight excluding hydrogens is 981 g/mol. The van der Waals surface area contributed by atoms with Crippen LogP contribution in [0.4, 0.5) is 4.79 Å². The van der Waals surface area contributed by atoms with E-state index in [1.54, 1.807) is 22.7 Å². The molecule has 2 bridgehead atoms. The number of rotatable bonds is 14. The van der Waals surface area contributed by atoms with Gasteiger partial charge in [0.1, 0.15) is 22.1 Å². The van der Waals surface area contributed by atoms with E-state index in [0.717, 1.165) is 89.9 Å². The van der Waals surface area contributed by atoms with Gasteiger partial charge in [0.15, 0.2) is 12.2 Å². The predicted octanol–water partition coefficient (Wildman–Crippen LogP) is 17.4. The van der Waals surface area contributed by atoms with E-state index >= 15 is 0 Å². The Kier molecular flexibility index (Phi) is 11.5. The maximum Gasteiger partial charge on any atom is 0.509 e. The van der Waals surface area contributed by atoms with E-state index in [2.05, 4.69) is 137 Å². The van der Waals surface area contributed by atoms with E-state index in [-0.39, 0.29) is 24.0 Å². The maximum absolute atomic E-state index is 12.9. The summed E-state index contributed by atoms with van der Waals surface area (Å²) in [7, 11) is 0. The first-order chi connectivity index (χ1) is 34.4. The summed E-state index contributed by atoms with van der Waals surface area (Å²) in [5, 5.41) is 0. The lowest BCUT2D eigenvalue weighted by Crippen LogP contribution is -2.45. The van der Waals surface area contributed by atoms with Crippen LogP contribution in [0.15, 0.2) is 109 Å². The van der Waals surface area contributed by atoms with Crippen LogP contribution in [-0.2, 0) is 22.3 Å². The molecule has 13 heteroatoms. The van der Waals surface area contributed by atoms with Crippen molar-refractivity contribution < 1.29 is 14.3 Å². The van der Waals surface area contributed by atoms with Crippen molar-refractivity contribution in [3.05, 3.63) is 141 Å². The molecular formula is C57H48N4O3S6. The summed E-state index contributed by atoms with van der Waals surface area (Å²) in [6, 6.07) is 40.6. The fourth-order valence-electron chi connectivity index (χ4n) is 11.3. The molecule has 10 aromatic rings. The van der Waals surface area contributed by atoms with Crippen LogP contribution < -0.4 is 0 Å². The normalized spacial score (nSPS) is 18.0. The third-order valence-corrected chi connectivity index (χ3v) is 20.9. The highest BCUT2D eigenvalue weighted by Crippen LogP contribution is 2.58. The van der Waals surface area contributed by atoms with Crippen LogP contribution in [0.25, 0.3) is 84.7 Å². The molecule has 0 saturated carbocycles. The summed E-state index contributed by atoms with van der Waals surface area (Å²) in [6.45, 7) is 9.16. The van der Waals surface area contributed by atoms with Crippen LogP contribution in [0.2, 0.25) is 0 Å². The van der Waals surface area contributed by atoms with Crippen molar-refractivity contribution >= 4 is 97.0 Å². The molecule has 4 unspecified atom stereocenters. The second-order valence-corrected chi connectivity index (χ2v) is 24.5. The minimum absolute atomic E-state index is 0.136. The van der Waals surface area contributed by atoms with Gasteiger partial charge >= 0.3 is 6.16 Å². The van der Waals surface area contributed by atoms with Crippen molar-refractivity contribution in [2.45, 2.75) is 90.3 Å². The molecule has 4 atom stereocenters. The van der Waals surface area contributed by atoms with Crippen LogP contribution >= 0.6 is 68.8 Å². The molecule has 350 valence electrons. The van der Waals surface area contributed by atoms with Crippen molar-refractivity contribution in [2.24, 2.45) is 11.8 Å². The molecule has 0 N–H and O–H groups in total. The molecule has 3 aliphatic carbocycles. The number of thiophene rings is 4. The number of hydrogen-bond donors (Lipinski definition) is 0. The van der Waals surface area contributed by atoms with Gasteiger partial charge in [-0.15, -0.1) is 45.3 Å². The molecule has 6 aromatic heterocycles. The number of ether oxygens (including phenoxy) is 2. The molecule has 4 aromatic carbocycles. The number of benzene rings is 4. The Morgan fingerprint density at radius 2 is 0.786 bits per heavy atom. The monoisotopic (exact) mass is 1030 g/mol. The lowest BCUT2D eigenvalue weighted by atomic mass is 9.60. The van der Waals surface area contributed by atoms with Crippen molar-refractivity contribution in [1.29, 1.82) is 0 Å². The van der Waals surface area contributed by atoms with Gasteiger partial charge in [0.05, 0.1) is 35.3 Å². The maximum atomic E-state index is 12.9. The van der Waals surface area contributed by atoms with Crippen molar-refractivity contribution in [3.8, 4) is 62.6 Å². The summed E-state index contributed by atoms with van der Waals surface area (Å²) in [5.74, 6) is 1.16. The van der Waals surface area contributed by atoms with Gasteiger partial charge in [-0.2, -0.15) is 17.5 Å². The fraction of sp³-hybridized carbons (Fsp3) is 0.281. The molecule has 7 nitrogen and oxygen atoms in total. The topological polar surface area (TPSA) is 87.1 Å². The van der Waals surface area contributed by atoms with Crippen LogP contribution in [-0.4, -0.2) is 35.9 Å². The Bertz CT molecular complexity index is 3390. The molecule has 1 saturated heterocycles. The fourth-order valence-corrected chi connectivity index (χ4v) is 16.8. The van der Waals surface area contributed by atoms with Gasteiger partial charge in [-0.3, -0.25) is 0 Å². The van der Waals surface area contributed by atoms with E-state index in [9.17, 15) is 4.79 Å². The highest BCUT2D eigenvalue weighted by molar-refractivity contribution is 7.19. The minimum Gasteiger partial charge on any atom is -0.426 e. The molecule has 1 aliphatic heterocycles. The summed E-state index contributed by atoms with van der Waals surface area (Å²) >= 11 is 9.90. The average Bonchev–Trinajstić information content (AvgIpc) is 4.25. The van der Waals surface area contributed by atoms with Gasteiger partial charge in [0.2, 0.25) is 0 Å². The highest BCUT2D eigenvalue weighted by Gasteiger charge is 2.57. The number of nitrogens with zero attached hydrogens (tertiary/aromatic N) is 4. The SMILES string of the molecule is CCC(CC)Cc1ccc(-c2ccc(-c3ccc(-c4ccc5c(c4)C4c6ccc(-c7ccc(-c8ccc(-c9ccc(CC(CC)CC)s9)c9nsnc89)s7)cc6C5C5OC(=O)OC45)s3)c3nsnc23)s1. The molecule has 14 rings (SSSR count). The number of carbonyl (C=O) groups excluding carboxylic acids is 1. The molecule has 4 aliphatic rings. The zero-order chi connectivity index (χ0) is 47.2. The quantitative estimate of drug-likeness (QED) is 0.100. The van der Waals surface area contributed by atoms with Gasteiger partial charge in [-0.1, -0.05) is 102 Å². The van der Waals surface area contributed by atoms with Gasteiger partial charge in [-0.05, 0) is 119 Å². The van der Waals surface area contributed by atoms with Crippen LogP contribution in [0.5, 0.6) is 0 Å². The third-order valence-electron chi connectivity index (χ3n) is 15.2. The Morgan fingerprint density at radius 1 is 0.429 bits per heavy atom. The van der Waals surface area contributed by atoms with E-state index in [4.69, 9.17) is 27.0 Å². The van der Waals surface area contributed by atoms with Crippen molar-refractivity contribution in [2.75, 3.05) is 0 Å². The Balaban J connectivity index is 0.787. The summed E-state index contributed by atoms with van der Waals surface area (Å²) < 4.78 is 31.3. The lowest BCUT2D eigenvalue weighted by Gasteiger charge is -2.45. The van der Waals surface area contributed by atoms with Crippen LogP contribution in [0, 0.1) is 11.8 Å². The number of fused-ring (bicyclic) bond motifs is 2. The lowest BCUT2D eigenvalue weighted by molar-refractivity contribution is 0.103. The second kappa shape index (κ2) is 18.0. The molecule has 0 amide bonds. The summed E-state index contributed by atoms with van der Waals surface area (Å²) in [5.41, 5.74) is 15.5. The van der Waals surface area contributed by atoms with Crippen LogP contribution in [0.1, 0.15) is 97.2 Å². The van der Waals surface area contributed by atoms with Gasteiger partial charge < -0.3 is 9.47 Å². The molecule has 0 radical (unpaired) electrons.